The number of fused-ring (bicyclic) bond motifs is 1. The summed E-state index contributed by atoms with van der Waals surface area (Å²) in [6.07, 6.45) is 0. The van der Waals surface area contributed by atoms with E-state index in [-0.39, 0.29) is 12.1 Å². The highest BCUT2D eigenvalue weighted by Gasteiger charge is 2.12. The topological polar surface area (TPSA) is 116 Å². The monoisotopic (exact) mass is 467 g/mol. The third-order valence-electron chi connectivity index (χ3n) is 4.71. The van der Waals surface area contributed by atoms with Gasteiger partial charge in [-0.2, -0.15) is 9.61 Å². The Labute approximate surface area is 192 Å². The molecular formula is C22H21N5O5S. The van der Waals surface area contributed by atoms with E-state index in [2.05, 4.69) is 20.7 Å². The van der Waals surface area contributed by atoms with Gasteiger partial charge >= 0.3 is 6.03 Å². The van der Waals surface area contributed by atoms with Crippen molar-refractivity contribution in [2.24, 2.45) is 0 Å². The number of aromatic nitrogens is 3. The third-order valence-corrected chi connectivity index (χ3v) is 5.66. The van der Waals surface area contributed by atoms with Crippen molar-refractivity contribution in [2.45, 2.75) is 6.54 Å². The lowest BCUT2D eigenvalue weighted by molar-refractivity contribution is 0.251. The molecule has 2 amide bonds. The van der Waals surface area contributed by atoms with Gasteiger partial charge in [-0.1, -0.05) is 11.3 Å². The minimum absolute atomic E-state index is 0.0701. The molecule has 0 bridgehead atoms. The minimum atomic E-state index is -0.451. The zero-order valence-electron chi connectivity index (χ0n) is 18.1. The summed E-state index contributed by atoms with van der Waals surface area (Å²) in [6.45, 7) is 0.0701. The fourth-order valence-electron chi connectivity index (χ4n) is 3.06. The Morgan fingerprint density at radius 1 is 1.00 bits per heavy atom. The van der Waals surface area contributed by atoms with Crippen LogP contribution in [-0.2, 0) is 6.54 Å². The van der Waals surface area contributed by atoms with Crippen molar-refractivity contribution in [3.63, 3.8) is 0 Å². The number of hydrogen-bond acceptors (Lipinski definition) is 8. The Morgan fingerprint density at radius 2 is 1.76 bits per heavy atom. The van der Waals surface area contributed by atoms with Crippen LogP contribution in [0.15, 0.2) is 53.3 Å². The number of nitrogens with one attached hydrogen (secondary N) is 2. The van der Waals surface area contributed by atoms with Crippen LogP contribution in [0.1, 0.15) is 5.69 Å². The molecule has 2 aromatic heterocycles. The standard InChI is InChI=1S/C22H21N5O5S/c1-30-16-7-4-13(5-8-16)20-26-27-19(28)11-15(25-22(27)33-20)12-23-21(29)24-14-6-9-17(31-2)18(10-14)32-3/h4-11H,12H2,1-3H3,(H2,23,24,29). The Hall–Kier alpha value is -4.12. The van der Waals surface area contributed by atoms with Crippen molar-refractivity contribution in [3.8, 4) is 27.8 Å². The number of anilines is 1. The Kier molecular flexibility index (Phi) is 6.41. The van der Waals surface area contributed by atoms with E-state index in [4.69, 9.17) is 14.2 Å². The van der Waals surface area contributed by atoms with Gasteiger partial charge in [0, 0.05) is 23.4 Å². The van der Waals surface area contributed by atoms with Gasteiger partial charge in [0.25, 0.3) is 5.56 Å². The molecule has 2 heterocycles. The molecule has 0 atom stereocenters. The van der Waals surface area contributed by atoms with Crippen molar-refractivity contribution in [1.29, 1.82) is 0 Å². The first-order valence-electron chi connectivity index (χ1n) is 9.82. The lowest BCUT2D eigenvalue weighted by Gasteiger charge is -2.11. The van der Waals surface area contributed by atoms with Gasteiger partial charge in [-0.05, 0) is 36.4 Å². The maximum absolute atomic E-state index is 12.5. The Balaban J connectivity index is 1.46. The van der Waals surface area contributed by atoms with Gasteiger partial charge in [0.2, 0.25) is 4.96 Å². The molecule has 0 saturated heterocycles. The van der Waals surface area contributed by atoms with Crippen molar-refractivity contribution in [2.75, 3.05) is 26.6 Å². The molecular weight excluding hydrogens is 446 g/mol. The maximum atomic E-state index is 12.5. The molecule has 170 valence electrons. The predicted molar refractivity (Wildman–Crippen MR) is 125 cm³/mol. The second kappa shape index (κ2) is 9.57. The molecule has 10 nitrogen and oxygen atoms in total. The molecule has 0 saturated carbocycles. The summed E-state index contributed by atoms with van der Waals surface area (Å²) < 4.78 is 16.8. The first-order valence-corrected chi connectivity index (χ1v) is 10.6. The quantitative estimate of drug-likeness (QED) is 0.429. The van der Waals surface area contributed by atoms with Crippen molar-refractivity contribution < 1.29 is 19.0 Å². The number of urea groups is 1. The Bertz CT molecular complexity index is 1350. The average molecular weight is 468 g/mol. The summed E-state index contributed by atoms with van der Waals surface area (Å²) in [5, 5.41) is 10.4. The normalized spacial score (nSPS) is 10.6. The van der Waals surface area contributed by atoms with Gasteiger partial charge in [0.15, 0.2) is 11.5 Å². The highest BCUT2D eigenvalue weighted by Crippen LogP contribution is 2.29. The van der Waals surface area contributed by atoms with Crippen molar-refractivity contribution in [3.05, 3.63) is 64.6 Å². The van der Waals surface area contributed by atoms with Gasteiger partial charge in [-0.15, -0.1) is 0 Å². The van der Waals surface area contributed by atoms with Crippen molar-refractivity contribution in [1.82, 2.24) is 19.9 Å². The average Bonchev–Trinajstić information content (AvgIpc) is 3.27. The highest BCUT2D eigenvalue weighted by molar-refractivity contribution is 7.19. The van der Waals surface area contributed by atoms with Gasteiger partial charge in [0.1, 0.15) is 10.8 Å². The second-order valence-electron chi connectivity index (χ2n) is 6.79. The summed E-state index contributed by atoms with van der Waals surface area (Å²) in [4.78, 5) is 29.7. The number of benzene rings is 2. The number of ether oxygens (including phenoxy) is 3. The van der Waals surface area contributed by atoms with Crippen LogP contribution in [0.5, 0.6) is 17.2 Å². The molecule has 11 heteroatoms. The lowest BCUT2D eigenvalue weighted by Crippen LogP contribution is -2.29. The molecule has 0 radical (unpaired) electrons. The predicted octanol–water partition coefficient (Wildman–Crippen LogP) is 3.17. The van der Waals surface area contributed by atoms with Crippen LogP contribution in [-0.4, -0.2) is 42.0 Å². The van der Waals surface area contributed by atoms with Crippen molar-refractivity contribution >= 4 is 28.0 Å². The van der Waals surface area contributed by atoms with Gasteiger partial charge in [-0.25, -0.2) is 9.78 Å². The summed E-state index contributed by atoms with van der Waals surface area (Å²) in [5.74, 6) is 1.78. The SMILES string of the molecule is COc1ccc(-c2nn3c(=O)cc(CNC(=O)Nc4ccc(OC)c(OC)c4)nc3s2)cc1. The zero-order valence-corrected chi connectivity index (χ0v) is 18.9. The van der Waals surface area contributed by atoms with Gasteiger partial charge in [0.05, 0.1) is 33.6 Å². The molecule has 2 N–H and O–H groups in total. The molecule has 0 aliphatic heterocycles. The van der Waals surface area contributed by atoms with Crippen LogP contribution in [0.2, 0.25) is 0 Å². The fraction of sp³-hybridized carbons (Fsp3) is 0.182. The van der Waals surface area contributed by atoms with E-state index in [1.54, 1.807) is 25.3 Å². The van der Waals surface area contributed by atoms with Crippen LogP contribution < -0.4 is 30.4 Å². The van der Waals surface area contributed by atoms with Crippen LogP contribution in [0.25, 0.3) is 15.5 Å². The van der Waals surface area contributed by atoms with E-state index < -0.39 is 6.03 Å². The van der Waals surface area contributed by atoms with E-state index in [1.807, 2.05) is 24.3 Å². The molecule has 4 aromatic rings. The number of methoxy groups -OCH3 is 3. The largest absolute Gasteiger partial charge is 0.497 e. The number of nitrogens with zero attached hydrogens (tertiary/aromatic N) is 3. The fourth-order valence-corrected chi connectivity index (χ4v) is 3.99. The molecule has 33 heavy (non-hydrogen) atoms. The molecule has 0 aliphatic rings. The van der Waals surface area contributed by atoms with Crippen LogP contribution in [0.3, 0.4) is 0 Å². The van der Waals surface area contributed by atoms with E-state index in [1.165, 1.54) is 36.1 Å². The lowest BCUT2D eigenvalue weighted by atomic mass is 10.2. The molecule has 4 rings (SSSR count). The number of rotatable bonds is 7. The maximum Gasteiger partial charge on any atom is 0.319 e. The zero-order chi connectivity index (χ0) is 23.4. The van der Waals surface area contributed by atoms with E-state index in [0.717, 1.165) is 11.3 Å². The van der Waals surface area contributed by atoms with E-state index in [9.17, 15) is 9.59 Å². The summed E-state index contributed by atoms with van der Waals surface area (Å²) in [6, 6.07) is 13.3. The molecule has 0 spiro atoms. The molecule has 0 aliphatic carbocycles. The van der Waals surface area contributed by atoms with Crippen LogP contribution in [0, 0.1) is 0 Å². The van der Waals surface area contributed by atoms with E-state index >= 15 is 0 Å². The first-order chi connectivity index (χ1) is 16.0. The highest BCUT2D eigenvalue weighted by atomic mass is 32.1. The molecule has 2 aromatic carbocycles. The number of amides is 2. The van der Waals surface area contributed by atoms with Crippen LogP contribution in [0.4, 0.5) is 10.5 Å². The number of carbonyl (C=O) groups is 1. The smallest absolute Gasteiger partial charge is 0.319 e. The second-order valence-corrected chi connectivity index (χ2v) is 7.75. The summed E-state index contributed by atoms with van der Waals surface area (Å²) in [5.41, 5.74) is 1.47. The molecule has 0 unspecified atom stereocenters. The van der Waals surface area contributed by atoms with Crippen LogP contribution >= 0.6 is 11.3 Å². The molecule has 0 fully saturated rings. The first kappa shape index (κ1) is 22.1. The number of hydrogen-bond donors (Lipinski definition) is 2. The van der Waals surface area contributed by atoms with Gasteiger partial charge in [-0.3, -0.25) is 4.79 Å². The van der Waals surface area contributed by atoms with Gasteiger partial charge < -0.3 is 24.8 Å². The third kappa shape index (κ3) is 4.88. The summed E-state index contributed by atoms with van der Waals surface area (Å²) >= 11 is 1.28. The summed E-state index contributed by atoms with van der Waals surface area (Å²) in [7, 11) is 4.65. The van der Waals surface area contributed by atoms with E-state index in [0.29, 0.717) is 32.8 Å². The Morgan fingerprint density at radius 3 is 2.45 bits per heavy atom. The number of carbonyl (C=O) groups excluding carboxylic acids is 1. The minimum Gasteiger partial charge on any atom is -0.497 e.